The number of halogens is 2. The van der Waals surface area contributed by atoms with Gasteiger partial charge in [-0.2, -0.15) is 4.31 Å². The SMILES string of the molecule is O=C(CC1CCCC1)N1CCN(S(=O)(=O)Cc2ccc(Cl)c(Cl)c2)CC1. The van der Waals surface area contributed by atoms with E-state index in [0.717, 1.165) is 12.8 Å². The van der Waals surface area contributed by atoms with Gasteiger partial charge in [-0.15, -0.1) is 0 Å². The monoisotopic (exact) mass is 418 g/mol. The van der Waals surface area contributed by atoms with Crippen molar-refractivity contribution in [3.63, 3.8) is 0 Å². The quantitative estimate of drug-likeness (QED) is 0.734. The van der Waals surface area contributed by atoms with Gasteiger partial charge >= 0.3 is 0 Å². The number of amides is 1. The summed E-state index contributed by atoms with van der Waals surface area (Å²) in [4.78, 5) is 14.2. The van der Waals surface area contributed by atoms with Crippen LogP contribution in [0.3, 0.4) is 0 Å². The first kappa shape index (κ1) is 19.9. The molecular weight excluding hydrogens is 395 g/mol. The molecule has 2 aliphatic rings. The first-order valence-corrected chi connectivity index (χ1v) is 11.4. The van der Waals surface area contributed by atoms with Crippen molar-refractivity contribution in [3.05, 3.63) is 33.8 Å². The zero-order valence-corrected chi connectivity index (χ0v) is 17.0. The van der Waals surface area contributed by atoms with Gasteiger partial charge in [0.1, 0.15) is 0 Å². The molecule has 1 aromatic carbocycles. The standard InChI is InChI=1S/C18H24Cl2N2O3S/c19-16-6-5-15(11-17(16)20)13-26(24,25)22-9-7-21(8-10-22)18(23)12-14-3-1-2-4-14/h5-6,11,14H,1-4,7-10,12-13H2. The molecule has 3 rings (SSSR count). The van der Waals surface area contributed by atoms with Gasteiger partial charge in [0.05, 0.1) is 15.8 Å². The third-order valence-electron chi connectivity index (χ3n) is 5.26. The Kier molecular flexibility index (Phi) is 6.49. The van der Waals surface area contributed by atoms with Crippen LogP contribution in [-0.4, -0.2) is 49.7 Å². The molecule has 1 aliphatic carbocycles. The molecule has 0 unspecified atom stereocenters. The van der Waals surface area contributed by atoms with Crippen LogP contribution in [0, 0.1) is 5.92 Å². The van der Waals surface area contributed by atoms with Crippen molar-refractivity contribution in [2.45, 2.75) is 37.9 Å². The summed E-state index contributed by atoms with van der Waals surface area (Å²) in [6, 6.07) is 4.87. The van der Waals surface area contributed by atoms with E-state index < -0.39 is 10.0 Å². The van der Waals surface area contributed by atoms with Crippen LogP contribution >= 0.6 is 23.2 Å². The fourth-order valence-electron chi connectivity index (χ4n) is 3.74. The summed E-state index contributed by atoms with van der Waals surface area (Å²) >= 11 is 11.8. The smallest absolute Gasteiger partial charge is 0.222 e. The van der Waals surface area contributed by atoms with Crippen LogP contribution in [0.2, 0.25) is 10.0 Å². The Bertz CT molecular complexity index is 756. The molecule has 1 aromatic rings. The van der Waals surface area contributed by atoms with Crippen LogP contribution in [0.25, 0.3) is 0 Å². The highest BCUT2D eigenvalue weighted by atomic mass is 35.5. The largest absolute Gasteiger partial charge is 0.340 e. The van der Waals surface area contributed by atoms with Crippen molar-refractivity contribution in [2.24, 2.45) is 5.92 Å². The molecule has 144 valence electrons. The van der Waals surface area contributed by atoms with Gasteiger partial charge in [-0.3, -0.25) is 4.79 Å². The van der Waals surface area contributed by atoms with Gasteiger partial charge < -0.3 is 4.90 Å². The van der Waals surface area contributed by atoms with Gasteiger partial charge in [-0.1, -0.05) is 42.1 Å². The molecule has 0 radical (unpaired) electrons. The topological polar surface area (TPSA) is 57.7 Å². The Labute approximate surface area is 165 Å². The van der Waals surface area contributed by atoms with Gasteiger partial charge in [-0.25, -0.2) is 8.42 Å². The Hall–Kier alpha value is -0.820. The fourth-order valence-corrected chi connectivity index (χ4v) is 5.56. The Morgan fingerprint density at radius 2 is 1.69 bits per heavy atom. The lowest BCUT2D eigenvalue weighted by atomic mass is 10.0. The first-order valence-electron chi connectivity index (χ1n) is 9.05. The van der Waals surface area contributed by atoms with Crippen LogP contribution in [-0.2, 0) is 20.6 Å². The lowest BCUT2D eigenvalue weighted by Gasteiger charge is -2.34. The van der Waals surface area contributed by atoms with E-state index in [9.17, 15) is 13.2 Å². The second-order valence-corrected chi connectivity index (χ2v) is 9.92. The average Bonchev–Trinajstić information content (AvgIpc) is 3.11. The van der Waals surface area contributed by atoms with Crippen molar-refractivity contribution in [1.82, 2.24) is 9.21 Å². The number of hydrogen-bond acceptors (Lipinski definition) is 3. The molecule has 0 N–H and O–H groups in total. The van der Waals surface area contributed by atoms with Gasteiger partial charge in [-0.05, 0) is 36.5 Å². The maximum Gasteiger partial charge on any atom is 0.222 e. The number of hydrogen-bond donors (Lipinski definition) is 0. The van der Waals surface area contributed by atoms with Crippen LogP contribution in [0.4, 0.5) is 0 Å². The van der Waals surface area contributed by atoms with Gasteiger partial charge in [0, 0.05) is 32.6 Å². The molecule has 0 spiro atoms. The van der Waals surface area contributed by atoms with Gasteiger partial charge in [0.15, 0.2) is 0 Å². The summed E-state index contributed by atoms with van der Waals surface area (Å²) < 4.78 is 26.8. The highest BCUT2D eigenvalue weighted by molar-refractivity contribution is 7.88. The second-order valence-electron chi connectivity index (χ2n) is 7.14. The van der Waals surface area contributed by atoms with Crippen molar-refractivity contribution >= 4 is 39.1 Å². The van der Waals surface area contributed by atoms with Crippen LogP contribution in [0.15, 0.2) is 18.2 Å². The summed E-state index contributed by atoms with van der Waals surface area (Å²) in [6.07, 6.45) is 5.33. The predicted molar refractivity (Wildman–Crippen MR) is 104 cm³/mol. The summed E-state index contributed by atoms with van der Waals surface area (Å²) in [5.74, 6) is 0.567. The third-order valence-corrected chi connectivity index (χ3v) is 7.84. The van der Waals surface area contributed by atoms with E-state index in [1.54, 1.807) is 18.2 Å². The molecule has 0 bridgehead atoms. The van der Waals surface area contributed by atoms with Crippen molar-refractivity contribution in [2.75, 3.05) is 26.2 Å². The first-order chi connectivity index (χ1) is 12.3. The number of nitrogens with zero attached hydrogens (tertiary/aromatic N) is 2. The summed E-state index contributed by atoms with van der Waals surface area (Å²) in [5.41, 5.74) is 0.610. The van der Waals surface area contributed by atoms with E-state index in [2.05, 4.69) is 0 Å². The normalized spacial score (nSPS) is 19.8. The molecule has 8 heteroatoms. The van der Waals surface area contributed by atoms with Crippen LogP contribution in [0.5, 0.6) is 0 Å². The lowest BCUT2D eigenvalue weighted by Crippen LogP contribution is -2.51. The molecule has 0 atom stereocenters. The molecule has 1 amide bonds. The minimum Gasteiger partial charge on any atom is -0.340 e. The second kappa shape index (κ2) is 8.46. The predicted octanol–water partition coefficient (Wildman–Crippen LogP) is 3.55. The van der Waals surface area contributed by atoms with E-state index >= 15 is 0 Å². The van der Waals surface area contributed by atoms with Crippen LogP contribution < -0.4 is 0 Å². The molecule has 1 heterocycles. The number of benzene rings is 1. The average molecular weight is 419 g/mol. The number of carbonyl (C=O) groups excluding carboxylic acids is 1. The molecule has 26 heavy (non-hydrogen) atoms. The van der Waals surface area contributed by atoms with Gasteiger partial charge in [0.2, 0.25) is 15.9 Å². The maximum atomic E-state index is 12.7. The Morgan fingerprint density at radius 3 is 2.31 bits per heavy atom. The zero-order valence-electron chi connectivity index (χ0n) is 14.7. The molecule has 0 aromatic heterocycles. The number of piperazine rings is 1. The molecule has 1 saturated heterocycles. The fraction of sp³-hybridized carbons (Fsp3) is 0.611. The van der Waals surface area contributed by atoms with E-state index in [1.807, 2.05) is 4.90 Å². The van der Waals surface area contributed by atoms with E-state index in [4.69, 9.17) is 23.2 Å². The van der Waals surface area contributed by atoms with Gasteiger partial charge in [0.25, 0.3) is 0 Å². The lowest BCUT2D eigenvalue weighted by molar-refractivity contribution is -0.133. The molecule has 2 fully saturated rings. The van der Waals surface area contributed by atoms with Crippen molar-refractivity contribution < 1.29 is 13.2 Å². The molecule has 1 aliphatic heterocycles. The highest BCUT2D eigenvalue weighted by Crippen LogP contribution is 2.28. The van der Waals surface area contributed by atoms with Crippen molar-refractivity contribution in [1.29, 1.82) is 0 Å². The maximum absolute atomic E-state index is 12.7. The minimum atomic E-state index is -3.44. The highest BCUT2D eigenvalue weighted by Gasteiger charge is 2.30. The summed E-state index contributed by atoms with van der Waals surface area (Å²) in [5, 5.41) is 0.754. The van der Waals surface area contributed by atoms with E-state index in [1.165, 1.54) is 17.1 Å². The summed E-state index contributed by atoms with van der Waals surface area (Å²) in [7, 11) is -3.44. The van der Waals surface area contributed by atoms with E-state index in [0.29, 0.717) is 54.1 Å². The summed E-state index contributed by atoms with van der Waals surface area (Å²) in [6.45, 7) is 1.62. The molecule has 5 nitrogen and oxygen atoms in total. The molecule has 1 saturated carbocycles. The third kappa shape index (κ3) is 4.91. The minimum absolute atomic E-state index is 0.111. The number of rotatable bonds is 5. The van der Waals surface area contributed by atoms with Crippen LogP contribution in [0.1, 0.15) is 37.7 Å². The number of sulfonamides is 1. The van der Waals surface area contributed by atoms with E-state index in [-0.39, 0.29) is 11.7 Å². The zero-order chi connectivity index (χ0) is 18.7. The Morgan fingerprint density at radius 1 is 1.04 bits per heavy atom. The Balaban J connectivity index is 1.54. The van der Waals surface area contributed by atoms with Crippen molar-refractivity contribution in [3.8, 4) is 0 Å². The molecular formula is C18H24Cl2N2O3S. The number of carbonyl (C=O) groups is 1.